The van der Waals surface area contributed by atoms with Crippen LogP contribution in [0.1, 0.15) is 22.1 Å². The number of hydrogen-bond donors (Lipinski definition) is 2. The van der Waals surface area contributed by atoms with Crippen molar-refractivity contribution in [2.45, 2.75) is 10.9 Å². The van der Waals surface area contributed by atoms with Crippen molar-refractivity contribution in [2.24, 2.45) is 10.7 Å². The lowest BCUT2D eigenvalue weighted by Gasteiger charge is -2.27. The molecule has 166 valence electrons. The second kappa shape index (κ2) is 7.85. The summed E-state index contributed by atoms with van der Waals surface area (Å²) < 4.78 is 76.5. The fourth-order valence-corrected chi connectivity index (χ4v) is 4.51. The van der Waals surface area contributed by atoms with E-state index in [1.54, 1.807) is 0 Å². The van der Waals surface area contributed by atoms with Crippen LogP contribution in [-0.2, 0) is 19.9 Å². The smallest absolute Gasteiger partial charge is 0.274 e. The number of benzene rings is 1. The molecule has 3 rings (SSSR count). The Hall–Kier alpha value is -3.13. The first-order valence-corrected chi connectivity index (χ1v) is 12.1. The van der Waals surface area contributed by atoms with E-state index in [0.29, 0.717) is 6.07 Å². The molecule has 2 heterocycles. The molecular weight excluding hydrogens is 456 g/mol. The minimum Gasteiger partial charge on any atom is -0.369 e. The molecule has 0 spiro atoms. The molecule has 0 saturated heterocycles. The van der Waals surface area contributed by atoms with Crippen molar-refractivity contribution >= 4 is 37.4 Å². The first-order valence-electron chi connectivity index (χ1n) is 8.56. The molecule has 10 nitrogen and oxygen atoms in total. The van der Waals surface area contributed by atoms with E-state index in [9.17, 15) is 30.4 Å². The van der Waals surface area contributed by atoms with Gasteiger partial charge in [0.1, 0.15) is 5.69 Å². The van der Waals surface area contributed by atoms with E-state index in [0.717, 1.165) is 28.9 Å². The van der Waals surface area contributed by atoms with Gasteiger partial charge in [-0.15, -0.1) is 0 Å². The molecule has 0 aliphatic carbocycles. The zero-order valence-electron chi connectivity index (χ0n) is 16.2. The summed E-state index contributed by atoms with van der Waals surface area (Å²) in [6.45, 7) is 0. The van der Waals surface area contributed by atoms with Crippen LogP contribution in [0.15, 0.2) is 40.4 Å². The number of pyridine rings is 1. The van der Waals surface area contributed by atoms with Gasteiger partial charge < -0.3 is 11.1 Å². The normalized spacial score (nSPS) is 18.4. The van der Waals surface area contributed by atoms with E-state index >= 15 is 0 Å². The molecule has 1 aromatic carbocycles. The fraction of sp³-hybridized carbons (Fsp3) is 0.235. The molecule has 0 saturated carbocycles. The monoisotopic (exact) mass is 473 g/mol. The van der Waals surface area contributed by atoms with Crippen molar-refractivity contribution in [3.8, 4) is 0 Å². The number of anilines is 1. The summed E-state index contributed by atoms with van der Waals surface area (Å²) in [7, 11) is -6.22. The van der Waals surface area contributed by atoms with Crippen LogP contribution >= 0.6 is 0 Å². The Balaban J connectivity index is 1.92. The summed E-state index contributed by atoms with van der Waals surface area (Å²) in [6.07, 6.45) is 1.97. The molecular formula is C17H17F2N5O5S2. The van der Waals surface area contributed by atoms with Crippen molar-refractivity contribution in [1.82, 2.24) is 9.29 Å². The Bertz CT molecular complexity index is 1290. The SMILES string of the molecule is CN1C(N)=N[C@H](c2cc(NC(=O)c3ccc(S(C)(=O)=O)cn3)cc(F)c2F)CS1(=O)=O. The molecule has 1 aliphatic heterocycles. The van der Waals surface area contributed by atoms with Gasteiger partial charge in [-0.3, -0.25) is 4.79 Å². The van der Waals surface area contributed by atoms with Crippen LogP contribution in [0, 0.1) is 11.6 Å². The number of aliphatic imine (C=N–C) groups is 1. The Kier molecular flexibility index (Phi) is 5.71. The van der Waals surface area contributed by atoms with Gasteiger partial charge in [0, 0.05) is 36.8 Å². The maximum Gasteiger partial charge on any atom is 0.274 e. The van der Waals surface area contributed by atoms with Gasteiger partial charge in [-0.2, -0.15) is 0 Å². The van der Waals surface area contributed by atoms with Gasteiger partial charge in [-0.1, -0.05) is 0 Å². The number of rotatable bonds is 4. The number of carbonyl (C=O) groups is 1. The molecule has 2 aromatic rings. The largest absolute Gasteiger partial charge is 0.369 e. The second-order valence-electron chi connectivity index (χ2n) is 6.72. The maximum absolute atomic E-state index is 14.4. The first kappa shape index (κ1) is 22.6. The van der Waals surface area contributed by atoms with Crippen molar-refractivity contribution in [2.75, 3.05) is 24.4 Å². The number of sulfonamides is 1. The van der Waals surface area contributed by atoms with Crippen molar-refractivity contribution in [3.63, 3.8) is 0 Å². The molecule has 0 fully saturated rings. The van der Waals surface area contributed by atoms with Crippen molar-refractivity contribution < 1.29 is 30.4 Å². The van der Waals surface area contributed by atoms with Gasteiger partial charge >= 0.3 is 0 Å². The number of sulfone groups is 1. The third-order valence-electron chi connectivity index (χ3n) is 4.47. The number of guanidine groups is 1. The second-order valence-corrected chi connectivity index (χ2v) is 10.8. The summed E-state index contributed by atoms with van der Waals surface area (Å²) in [5.74, 6) is -4.52. The summed E-state index contributed by atoms with van der Waals surface area (Å²) in [5.41, 5.74) is 4.80. The minimum atomic E-state index is -3.89. The van der Waals surface area contributed by atoms with Crippen LogP contribution < -0.4 is 11.1 Å². The van der Waals surface area contributed by atoms with E-state index in [-0.39, 0.29) is 22.2 Å². The zero-order valence-corrected chi connectivity index (χ0v) is 17.8. The number of nitrogens with one attached hydrogen (secondary N) is 1. The topological polar surface area (TPSA) is 152 Å². The Morgan fingerprint density at radius 3 is 2.52 bits per heavy atom. The molecule has 0 bridgehead atoms. The molecule has 31 heavy (non-hydrogen) atoms. The van der Waals surface area contributed by atoms with E-state index in [1.807, 2.05) is 0 Å². The van der Waals surface area contributed by atoms with Crippen LogP contribution in [0.5, 0.6) is 0 Å². The lowest BCUT2D eigenvalue weighted by atomic mass is 10.1. The lowest BCUT2D eigenvalue weighted by Crippen LogP contribution is -2.45. The third-order valence-corrected chi connectivity index (χ3v) is 7.32. The molecule has 1 amide bonds. The average Bonchev–Trinajstić information content (AvgIpc) is 2.67. The standard InChI is InChI=1S/C17H17F2N5O5S2/c1-24-17(20)23-14(8-31(24,28)29)11-5-9(6-12(18)15(11)19)22-16(25)13-4-3-10(7-21-13)30(2,26)27/h3-7,14H,8H2,1-2H3,(H2,20,23)(H,22,25)/t14-/m0/s1. The first-order chi connectivity index (χ1) is 14.3. The molecule has 14 heteroatoms. The highest BCUT2D eigenvalue weighted by molar-refractivity contribution is 7.90. The summed E-state index contributed by atoms with van der Waals surface area (Å²) in [6, 6.07) is 2.76. The number of nitrogens with two attached hydrogens (primary N) is 1. The quantitative estimate of drug-likeness (QED) is 0.661. The Morgan fingerprint density at radius 2 is 1.97 bits per heavy atom. The third kappa shape index (κ3) is 4.64. The van der Waals surface area contributed by atoms with Crippen molar-refractivity contribution in [3.05, 3.63) is 53.4 Å². The predicted octanol–water partition coefficient (Wildman–Crippen LogP) is 0.647. The molecule has 1 aromatic heterocycles. The van der Waals surface area contributed by atoms with E-state index in [1.165, 1.54) is 13.1 Å². The highest BCUT2D eigenvalue weighted by atomic mass is 32.2. The number of aromatic nitrogens is 1. The predicted molar refractivity (Wildman–Crippen MR) is 108 cm³/mol. The summed E-state index contributed by atoms with van der Waals surface area (Å²) in [5, 5.41) is 2.31. The van der Waals surface area contributed by atoms with E-state index < -0.39 is 54.8 Å². The molecule has 0 radical (unpaired) electrons. The maximum atomic E-state index is 14.4. The van der Waals surface area contributed by atoms with E-state index in [2.05, 4.69) is 15.3 Å². The number of carbonyl (C=O) groups excluding carboxylic acids is 1. The number of hydrogen-bond acceptors (Lipinski definition) is 8. The molecule has 0 unspecified atom stereocenters. The van der Waals surface area contributed by atoms with E-state index in [4.69, 9.17) is 5.73 Å². The van der Waals surface area contributed by atoms with Crippen molar-refractivity contribution in [1.29, 1.82) is 0 Å². The van der Waals surface area contributed by atoms with Gasteiger partial charge in [0.25, 0.3) is 5.91 Å². The Labute approximate surface area is 176 Å². The van der Waals surface area contributed by atoms with Gasteiger partial charge in [0.2, 0.25) is 16.0 Å². The highest BCUT2D eigenvalue weighted by Crippen LogP contribution is 2.30. The van der Waals surface area contributed by atoms with Gasteiger partial charge in [0.05, 0.1) is 16.7 Å². The van der Waals surface area contributed by atoms with Crippen LogP contribution in [-0.4, -0.2) is 57.0 Å². The van der Waals surface area contributed by atoms with Gasteiger partial charge in [-0.05, 0) is 18.2 Å². The molecule has 3 N–H and O–H groups in total. The van der Waals surface area contributed by atoms with Gasteiger partial charge in [-0.25, -0.2) is 39.9 Å². The van der Waals surface area contributed by atoms with Crippen LogP contribution in [0.25, 0.3) is 0 Å². The van der Waals surface area contributed by atoms with Crippen LogP contribution in [0.3, 0.4) is 0 Å². The minimum absolute atomic E-state index is 0.0990. The Morgan fingerprint density at radius 1 is 1.29 bits per heavy atom. The molecule has 1 atom stereocenters. The van der Waals surface area contributed by atoms with Gasteiger partial charge in [0.15, 0.2) is 21.5 Å². The summed E-state index contributed by atoms with van der Waals surface area (Å²) in [4.78, 5) is 19.9. The highest BCUT2D eigenvalue weighted by Gasteiger charge is 2.33. The zero-order chi connectivity index (χ0) is 23.1. The average molecular weight is 473 g/mol. The fourth-order valence-electron chi connectivity index (χ4n) is 2.75. The van der Waals surface area contributed by atoms with Crippen LogP contribution in [0.2, 0.25) is 0 Å². The lowest BCUT2D eigenvalue weighted by molar-refractivity contribution is 0.102. The number of halogens is 2. The number of nitrogens with zero attached hydrogens (tertiary/aromatic N) is 3. The number of amides is 1. The molecule has 1 aliphatic rings. The van der Waals surface area contributed by atoms with Crippen LogP contribution in [0.4, 0.5) is 14.5 Å². The summed E-state index contributed by atoms with van der Waals surface area (Å²) >= 11 is 0.